The molecule has 0 atom stereocenters. The van der Waals surface area contributed by atoms with Crippen LogP contribution in [0.4, 0.5) is 5.69 Å². The molecule has 0 aromatic heterocycles. The van der Waals surface area contributed by atoms with Gasteiger partial charge in [0.2, 0.25) is 0 Å². The molecule has 1 rings (SSSR count). The Labute approximate surface area is 125 Å². The number of ether oxygens (including phenoxy) is 1. The van der Waals surface area contributed by atoms with Crippen LogP contribution in [0.25, 0.3) is 0 Å². The molecule has 0 saturated heterocycles. The number of hydrogen-bond acceptors (Lipinski definition) is 5. The van der Waals surface area contributed by atoms with Gasteiger partial charge in [-0.1, -0.05) is 18.9 Å². The highest BCUT2D eigenvalue weighted by molar-refractivity contribution is 7.90. The van der Waals surface area contributed by atoms with Gasteiger partial charge in [-0.3, -0.25) is 4.72 Å². The first kappa shape index (κ1) is 17.2. The molecule has 0 radical (unpaired) electrons. The van der Waals surface area contributed by atoms with E-state index in [9.17, 15) is 8.42 Å². The van der Waals surface area contributed by atoms with E-state index in [4.69, 9.17) is 20.9 Å². The number of benzene rings is 1. The first-order valence-corrected chi connectivity index (χ1v) is 8.19. The van der Waals surface area contributed by atoms with Gasteiger partial charge in [0.1, 0.15) is 17.4 Å². The van der Waals surface area contributed by atoms with Crippen LogP contribution >= 0.6 is 0 Å². The number of nitriles is 1. The minimum Gasteiger partial charge on any atom is -0.492 e. The van der Waals surface area contributed by atoms with Crippen molar-refractivity contribution in [1.82, 2.24) is 0 Å². The number of anilines is 1. The van der Waals surface area contributed by atoms with Crippen molar-refractivity contribution in [2.24, 2.45) is 10.9 Å². The highest BCUT2D eigenvalue weighted by Gasteiger charge is 2.12. The Bertz CT molecular complexity index is 596. The molecule has 0 fully saturated rings. The number of nitrogens with two attached hydrogens (primary N) is 2. The van der Waals surface area contributed by atoms with E-state index in [1.807, 2.05) is 6.07 Å². The molecule has 8 heteroatoms. The van der Waals surface area contributed by atoms with Gasteiger partial charge in [-0.25, -0.2) is 5.14 Å². The maximum Gasteiger partial charge on any atom is 0.296 e. The molecule has 1 aromatic rings. The fourth-order valence-electron chi connectivity index (χ4n) is 1.79. The summed E-state index contributed by atoms with van der Waals surface area (Å²) in [5.41, 5.74) is 5.64. The van der Waals surface area contributed by atoms with E-state index in [0.29, 0.717) is 18.9 Å². The van der Waals surface area contributed by atoms with Crippen LogP contribution in [0.1, 0.15) is 31.2 Å². The highest BCUT2D eigenvalue weighted by Crippen LogP contribution is 2.26. The van der Waals surface area contributed by atoms with Gasteiger partial charge < -0.3 is 10.5 Å². The first-order valence-electron chi connectivity index (χ1n) is 6.64. The van der Waals surface area contributed by atoms with E-state index < -0.39 is 10.2 Å². The van der Waals surface area contributed by atoms with E-state index in [1.165, 1.54) is 6.07 Å². The Morgan fingerprint density at radius 2 is 1.95 bits per heavy atom. The van der Waals surface area contributed by atoms with Crippen molar-refractivity contribution in [2.45, 2.75) is 25.7 Å². The molecule has 0 unspecified atom stereocenters. The summed E-state index contributed by atoms with van der Waals surface area (Å²) in [5, 5.41) is 14.1. The Morgan fingerprint density at radius 1 is 1.24 bits per heavy atom. The maximum absolute atomic E-state index is 11.0. The molecule has 0 heterocycles. The quantitative estimate of drug-likeness (QED) is 0.587. The van der Waals surface area contributed by atoms with Gasteiger partial charge in [0.15, 0.2) is 0 Å². The summed E-state index contributed by atoms with van der Waals surface area (Å²) in [6.45, 7) is 1.14. The third-order valence-electron chi connectivity index (χ3n) is 2.75. The van der Waals surface area contributed by atoms with Gasteiger partial charge >= 0.3 is 0 Å². The second-order valence-corrected chi connectivity index (χ2v) is 5.78. The molecule has 1 aromatic carbocycles. The topological polar surface area (TPSA) is 131 Å². The Balaban J connectivity index is 2.66. The third-order valence-corrected chi connectivity index (χ3v) is 3.25. The molecule has 0 aliphatic rings. The van der Waals surface area contributed by atoms with Crippen LogP contribution in [-0.2, 0) is 10.2 Å². The summed E-state index contributed by atoms with van der Waals surface area (Å²) in [5.74, 6) is 0.338. The van der Waals surface area contributed by atoms with Gasteiger partial charge in [-0.2, -0.15) is 13.7 Å². The minimum atomic E-state index is -3.93. The highest BCUT2D eigenvalue weighted by atomic mass is 32.2. The van der Waals surface area contributed by atoms with Crippen molar-refractivity contribution in [1.29, 1.82) is 5.26 Å². The normalized spacial score (nSPS) is 10.9. The molecule has 0 bridgehead atoms. The fourth-order valence-corrected chi connectivity index (χ4v) is 2.26. The summed E-state index contributed by atoms with van der Waals surface area (Å²) < 4.78 is 29.7. The van der Waals surface area contributed by atoms with Crippen molar-refractivity contribution in [3.63, 3.8) is 0 Å². The smallest absolute Gasteiger partial charge is 0.296 e. The van der Waals surface area contributed by atoms with Crippen LogP contribution in [0.2, 0.25) is 0 Å². The van der Waals surface area contributed by atoms with E-state index >= 15 is 0 Å². The fraction of sp³-hybridized carbons (Fsp3) is 0.462. The van der Waals surface area contributed by atoms with Crippen LogP contribution in [0.15, 0.2) is 18.2 Å². The molecule has 7 nitrogen and oxygen atoms in total. The molecule has 0 aliphatic heterocycles. The van der Waals surface area contributed by atoms with Gasteiger partial charge in [-0.15, -0.1) is 0 Å². The standard InChI is InChI=1S/C13H20N4O3S/c14-8-3-1-2-4-9-20-13-7-5-6-12(11(13)10-15)17-21(16,18)19/h5-7,17H,1-4,8-9,14H2,(H2,16,18,19). The van der Waals surface area contributed by atoms with Crippen LogP contribution < -0.4 is 20.3 Å². The lowest BCUT2D eigenvalue weighted by Gasteiger charge is -2.11. The van der Waals surface area contributed by atoms with Crippen molar-refractivity contribution < 1.29 is 13.2 Å². The van der Waals surface area contributed by atoms with Gasteiger partial charge in [-0.05, 0) is 31.5 Å². The molecule has 116 valence electrons. The van der Waals surface area contributed by atoms with E-state index in [2.05, 4.69) is 4.72 Å². The molecular formula is C13H20N4O3S. The van der Waals surface area contributed by atoms with Crippen LogP contribution in [0, 0.1) is 11.3 Å². The van der Waals surface area contributed by atoms with Crippen molar-refractivity contribution in [2.75, 3.05) is 17.9 Å². The maximum atomic E-state index is 11.0. The van der Waals surface area contributed by atoms with Crippen molar-refractivity contribution in [3.05, 3.63) is 23.8 Å². The summed E-state index contributed by atoms with van der Waals surface area (Å²) >= 11 is 0. The third kappa shape index (κ3) is 6.44. The average Bonchev–Trinajstić information content (AvgIpc) is 2.41. The number of rotatable bonds is 9. The number of hydrogen-bond donors (Lipinski definition) is 3. The molecule has 0 spiro atoms. The number of unbranched alkanes of at least 4 members (excludes halogenated alkanes) is 3. The lowest BCUT2D eigenvalue weighted by atomic mass is 10.1. The van der Waals surface area contributed by atoms with Crippen LogP contribution in [0.5, 0.6) is 5.75 Å². The second kappa shape index (κ2) is 8.46. The lowest BCUT2D eigenvalue weighted by molar-refractivity contribution is 0.304. The van der Waals surface area contributed by atoms with E-state index in [0.717, 1.165) is 25.7 Å². The number of nitrogens with one attached hydrogen (secondary N) is 1. The molecule has 21 heavy (non-hydrogen) atoms. The second-order valence-electron chi connectivity index (χ2n) is 4.49. The Kier molecular flexibility index (Phi) is 6.94. The first-order chi connectivity index (χ1) is 9.98. The predicted molar refractivity (Wildman–Crippen MR) is 80.9 cm³/mol. The Hall–Kier alpha value is -1.82. The monoisotopic (exact) mass is 312 g/mol. The number of nitrogens with zero attached hydrogens (tertiary/aromatic N) is 1. The molecule has 5 N–H and O–H groups in total. The predicted octanol–water partition coefficient (Wildman–Crippen LogP) is 1.07. The largest absolute Gasteiger partial charge is 0.492 e. The van der Waals surface area contributed by atoms with Crippen molar-refractivity contribution >= 4 is 15.9 Å². The zero-order valence-corrected chi connectivity index (χ0v) is 12.5. The van der Waals surface area contributed by atoms with Crippen LogP contribution in [0.3, 0.4) is 0 Å². The summed E-state index contributed by atoms with van der Waals surface area (Å²) in [6.07, 6.45) is 3.86. The van der Waals surface area contributed by atoms with Crippen LogP contribution in [-0.4, -0.2) is 21.6 Å². The summed E-state index contributed by atoms with van der Waals surface area (Å²) in [6, 6.07) is 6.59. The molecule has 0 amide bonds. The van der Waals surface area contributed by atoms with Gasteiger partial charge in [0.05, 0.1) is 12.3 Å². The molecular weight excluding hydrogens is 292 g/mol. The minimum absolute atomic E-state index is 0.112. The van der Waals surface area contributed by atoms with Crippen molar-refractivity contribution in [3.8, 4) is 11.8 Å². The Morgan fingerprint density at radius 3 is 2.57 bits per heavy atom. The average molecular weight is 312 g/mol. The van der Waals surface area contributed by atoms with Gasteiger partial charge in [0.25, 0.3) is 10.2 Å². The summed E-state index contributed by atoms with van der Waals surface area (Å²) in [7, 11) is -3.93. The van der Waals surface area contributed by atoms with E-state index in [-0.39, 0.29) is 11.3 Å². The zero-order valence-electron chi connectivity index (χ0n) is 11.7. The van der Waals surface area contributed by atoms with Gasteiger partial charge in [0, 0.05) is 0 Å². The lowest BCUT2D eigenvalue weighted by Crippen LogP contribution is -2.22. The van der Waals surface area contributed by atoms with E-state index in [1.54, 1.807) is 12.1 Å². The molecule has 0 saturated carbocycles. The summed E-state index contributed by atoms with van der Waals surface area (Å²) in [4.78, 5) is 0. The zero-order chi connectivity index (χ0) is 15.7. The SMILES string of the molecule is N#Cc1c(NS(N)(=O)=O)cccc1OCCCCCCN. The molecule has 0 aliphatic carbocycles.